The summed E-state index contributed by atoms with van der Waals surface area (Å²) in [6.45, 7) is 4.72. The van der Waals surface area contributed by atoms with Crippen LogP contribution in [0.25, 0.3) is 0 Å². The van der Waals surface area contributed by atoms with E-state index < -0.39 is 28.5 Å². The zero-order valence-corrected chi connectivity index (χ0v) is 28.1. The van der Waals surface area contributed by atoms with Gasteiger partial charge >= 0.3 is 0 Å². The third-order valence-electron chi connectivity index (χ3n) is 7.29. The summed E-state index contributed by atoms with van der Waals surface area (Å²) in [5, 5.41) is 3.13. The number of ether oxygens (including phenoxy) is 4. The molecular weight excluding hydrogens is 622 g/mol. The van der Waals surface area contributed by atoms with Gasteiger partial charge in [-0.25, -0.2) is 8.42 Å². The highest BCUT2D eigenvalue weighted by molar-refractivity contribution is 7.92. The molecule has 0 saturated heterocycles. The van der Waals surface area contributed by atoms with Gasteiger partial charge in [-0.2, -0.15) is 0 Å². The molecular formula is C32H40ClN3O8S. The van der Waals surface area contributed by atoms with Crippen molar-refractivity contribution in [2.45, 2.75) is 50.7 Å². The lowest BCUT2D eigenvalue weighted by Crippen LogP contribution is -2.52. The number of carbonyl (C=O) groups is 2. The summed E-state index contributed by atoms with van der Waals surface area (Å²) in [4.78, 5) is 28.7. The van der Waals surface area contributed by atoms with Crippen LogP contribution in [-0.4, -0.2) is 72.2 Å². The molecule has 45 heavy (non-hydrogen) atoms. The minimum atomic E-state index is -4.45. The highest BCUT2D eigenvalue weighted by Crippen LogP contribution is 2.37. The number of halogens is 1. The molecule has 0 fully saturated rings. The van der Waals surface area contributed by atoms with E-state index in [9.17, 15) is 18.0 Å². The van der Waals surface area contributed by atoms with Crippen LogP contribution in [0, 0.1) is 0 Å². The van der Waals surface area contributed by atoms with Crippen LogP contribution in [-0.2, 0) is 26.2 Å². The Morgan fingerprint density at radius 2 is 1.53 bits per heavy atom. The molecule has 11 nitrogen and oxygen atoms in total. The van der Waals surface area contributed by atoms with Crippen molar-refractivity contribution in [3.63, 3.8) is 0 Å². The number of amides is 2. The van der Waals surface area contributed by atoms with Gasteiger partial charge in [-0.3, -0.25) is 13.9 Å². The maximum absolute atomic E-state index is 14.3. The second kappa shape index (κ2) is 15.7. The molecule has 0 aliphatic rings. The van der Waals surface area contributed by atoms with Gasteiger partial charge in [0.05, 0.1) is 39.0 Å². The van der Waals surface area contributed by atoms with E-state index in [-0.39, 0.29) is 45.6 Å². The Kier molecular flexibility index (Phi) is 12.3. The Morgan fingerprint density at radius 3 is 2.16 bits per heavy atom. The smallest absolute Gasteiger partial charge is 0.265 e. The van der Waals surface area contributed by atoms with Crippen molar-refractivity contribution < 1.29 is 37.0 Å². The van der Waals surface area contributed by atoms with Gasteiger partial charge < -0.3 is 29.2 Å². The summed E-state index contributed by atoms with van der Waals surface area (Å²) in [5.41, 5.74) is 0.715. The van der Waals surface area contributed by atoms with E-state index in [1.165, 1.54) is 63.7 Å². The number of hydrogen-bond acceptors (Lipinski definition) is 8. The Morgan fingerprint density at radius 1 is 0.867 bits per heavy atom. The molecule has 0 saturated carbocycles. The largest absolute Gasteiger partial charge is 0.497 e. The zero-order valence-electron chi connectivity index (χ0n) is 26.5. The van der Waals surface area contributed by atoms with E-state index in [2.05, 4.69) is 5.32 Å². The lowest BCUT2D eigenvalue weighted by atomic mass is 10.1. The molecule has 0 aliphatic carbocycles. The number of carbonyl (C=O) groups excluding carboxylic acids is 2. The minimum Gasteiger partial charge on any atom is -0.497 e. The standard InChI is InChI=1S/C32H40ClN3O8S/c1-8-21(2)34-32(38)22(3)35(19-23-10-9-11-25(16-23)41-4)31(37)20-36(27-17-24(33)12-14-28(27)42-5)45(39,40)26-13-15-29(43-6)30(18-26)44-7/h9-18,21-22H,8,19-20H2,1-7H3,(H,34,38)/t21-,22+/m0/s1. The summed E-state index contributed by atoms with van der Waals surface area (Å²) >= 11 is 6.32. The third kappa shape index (κ3) is 8.52. The van der Waals surface area contributed by atoms with Crippen molar-refractivity contribution in [3.05, 3.63) is 71.2 Å². The van der Waals surface area contributed by atoms with Crippen molar-refractivity contribution in [2.75, 3.05) is 39.3 Å². The number of anilines is 1. The van der Waals surface area contributed by atoms with E-state index in [1.807, 2.05) is 13.8 Å². The number of methoxy groups -OCH3 is 4. The second-order valence-electron chi connectivity index (χ2n) is 10.2. The average molecular weight is 662 g/mol. The average Bonchev–Trinajstić information content (AvgIpc) is 3.04. The van der Waals surface area contributed by atoms with Gasteiger partial charge in [-0.15, -0.1) is 0 Å². The summed E-state index contributed by atoms with van der Waals surface area (Å²) < 4.78 is 51.0. The van der Waals surface area contributed by atoms with E-state index in [4.69, 9.17) is 30.5 Å². The van der Waals surface area contributed by atoms with Crippen LogP contribution in [0.2, 0.25) is 5.02 Å². The molecule has 0 radical (unpaired) electrons. The van der Waals surface area contributed by atoms with Crippen LogP contribution >= 0.6 is 11.6 Å². The Hall–Kier alpha value is -4.16. The molecule has 244 valence electrons. The molecule has 3 rings (SSSR count). The lowest BCUT2D eigenvalue weighted by molar-refractivity contribution is -0.139. The Balaban J connectivity index is 2.15. The SMILES string of the molecule is CC[C@H](C)NC(=O)[C@@H](C)N(Cc1cccc(OC)c1)C(=O)CN(c1cc(Cl)ccc1OC)S(=O)(=O)c1ccc(OC)c(OC)c1. The quantitative estimate of drug-likeness (QED) is 0.244. The lowest BCUT2D eigenvalue weighted by Gasteiger charge is -2.33. The van der Waals surface area contributed by atoms with Crippen LogP contribution in [0.15, 0.2) is 65.6 Å². The number of nitrogens with zero attached hydrogens (tertiary/aromatic N) is 2. The van der Waals surface area contributed by atoms with E-state index >= 15 is 0 Å². The normalized spacial score (nSPS) is 12.4. The van der Waals surface area contributed by atoms with Crippen molar-refractivity contribution in [3.8, 4) is 23.0 Å². The summed E-state index contributed by atoms with van der Waals surface area (Å²) in [5.74, 6) is 0.213. The fourth-order valence-corrected chi connectivity index (χ4v) is 6.09. The molecule has 3 aromatic rings. The summed E-state index contributed by atoms with van der Waals surface area (Å²) in [7, 11) is 1.28. The topological polar surface area (TPSA) is 124 Å². The van der Waals surface area contributed by atoms with Gasteiger partial charge in [0.25, 0.3) is 10.0 Å². The van der Waals surface area contributed by atoms with Crippen molar-refractivity contribution in [1.29, 1.82) is 0 Å². The molecule has 3 aromatic carbocycles. The van der Waals surface area contributed by atoms with Gasteiger partial charge in [0.2, 0.25) is 11.8 Å². The number of sulfonamides is 1. The molecule has 2 atom stereocenters. The maximum Gasteiger partial charge on any atom is 0.265 e. The molecule has 0 aromatic heterocycles. The summed E-state index contributed by atoms with van der Waals surface area (Å²) in [6.07, 6.45) is 0.689. The van der Waals surface area contributed by atoms with Crippen molar-refractivity contribution in [1.82, 2.24) is 10.2 Å². The molecule has 0 aliphatic heterocycles. The van der Waals surface area contributed by atoms with Crippen molar-refractivity contribution in [2.24, 2.45) is 0 Å². The van der Waals surface area contributed by atoms with Crippen LogP contribution in [0.4, 0.5) is 5.69 Å². The van der Waals surface area contributed by atoms with Gasteiger partial charge in [0.1, 0.15) is 24.1 Å². The van der Waals surface area contributed by atoms with Crippen LogP contribution in [0.1, 0.15) is 32.8 Å². The first-order valence-corrected chi connectivity index (χ1v) is 16.0. The fraction of sp³-hybridized carbons (Fsp3) is 0.375. The van der Waals surface area contributed by atoms with Gasteiger partial charge in [0.15, 0.2) is 11.5 Å². The zero-order chi connectivity index (χ0) is 33.3. The molecule has 0 heterocycles. The molecule has 2 amide bonds. The maximum atomic E-state index is 14.3. The third-order valence-corrected chi connectivity index (χ3v) is 9.28. The highest BCUT2D eigenvalue weighted by atomic mass is 35.5. The van der Waals surface area contributed by atoms with E-state index in [1.54, 1.807) is 37.3 Å². The predicted molar refractivity (Wildman–Crippen MR) is 173 cm³/mol. The first-order chi connectivity index (χ1) is 21.4. The molecule has 13 heteroatoms. The predicted octanol–water partition coefficient (Wildman–Crippen LogP) is 4.90. The number of benzene rings is 3. The van der Waals surface area contributed by atoms with Gasteiger partial charge in [0, 0.05) is 23.7 Å². The Labute approximate surface area is 270 Å². The molecule has 1 N–H and O–H groups in total. The highest BCUT2D eigenvalue weighted by Gasteiger charge is 2.34. The number of hydrogen-bond donors (Lipinski definition) is 1. The van der Waals surface area contributed by atoms with E-state index in [0.717, 1.165) is 4.31 Å². The van der Waals surface area contributed by atoms with Crippen LogP contribution in [0.3, 0.4) is 0 Å². The summed E-state index contributed by atoms with van der Waals surface area (Å²) in [6, 6.07) is 14.5. The van der Waals surface area contributed by atoms with E-state index in [0.29, 0.717) is 23.5 Å². The minimum absolute atomic E-state index is 0.00204. The van der Waals surface area contributed by atoms with Crippen LogP contribution < -0.4 is 28.6 Å². The van der Waals surface area contributed by atoms with Crippen molar-refractivity contribution >= 4 is 39.1 Å². The number of rotatable bonds is 15. The monoisotopic (exact) mass is 661 g/mol. The first-order valence-electron chi connectivity index (χ1n) is 14.2. The van der Waals surface area contributed by atoms with Crippen LogP contribution in [0.5, 0.6) is 23.0 Å². The second-order valence-corrected chi connectivity index (χ2v) is 12.5. The van der Waals surface area contributed by atoms with Gasteiger partial charge in [-0.05, 0) is 68.3 Å². The fourth-order valence-electron chi connectivity index (χ4n) is 4.49. The molecule has 0 unspecified atom stereocenters. The number of nitrogens with one attached hydrogen (secondary N) is 1. The molecule has 0 bridgehead atoms. The first kappa shape index (κ1) is 35.3. The van der Waals surface area contributed by atoms with Gasteiger partial charge in [-0.1, -0.05) is 30.7 Å². The molecule has 0 spiro atoms. The Bertz CT molecular complexity index is 1600.